The number of para-hydroxylation sites is 1. The van der Waals surface area contributed by atoms with Crippen molar-refractivity contribution in [3.05, 3.63) is 90.0 Å². The molecule has 3 aromatic carbocycles. The molecule has 1 aliphatic rings. The number of hydrogen-bond donors (Lipinski definition) is 2. The lowest BCUT2D eigenvalue weighted by atomic mass is 9.91. The molecule has 0 radical (unpaired) electrons. The molecule has 0 aliphatic heterocycles. The lowest BCUT2D eigenvalue weighted by molar-refractivity contribution is -0.121. The average Bonchev–Trinajstić information content (AvgIpc) is 2.97. The lowest BCUT2D eigenvalue weighted by Crippen LogP contribution is -2.40. The Kier molecular flexibility index (Phi) is 8.69. The molecule has 2 N–H and O–H groups in total. The first-order valence-corrected chi connectivity index (χ1v) is 13.9. The summed E-state index contributed by atoms with van der Waals surface area (Å²) in [7, 11) is 5.74. The van der Waals surface area contributed by atoms with Gasteiger partial charge in [-0.05, 0) is 55.0 Å². The highest BCUT2D eigenvalue weighted by Crippen LogP contribution is 2.31. The molecule has 1 amide bonds. The largest absolute Gasteiger partial charge is 0.493 e. The van der Waals surface area contributed by atoms with Crippen molar-refractivity contribution in [1.29, 1.82) is 0 Å². The van der Waals surface area contributed by atoms with Crippen LogP contribution in [0.2, 0.25) is 0 Å². The van der Waals surface area contributed by atoms with Crippen molar-refractivity contribution in [3.8, 4) is 11.5 Å². The van der Waals surface area contributed by atoms with E-state index in [2.05, 4.69) is 47.8 Å². The van der Waals surface area contributed by atoms with E-state index in [4.69, 9.17) is 14.5 Å². The molecule has 1 fully saturated rings. The highest BCUT2D eigenvalue weighted by atomic mass is 16.5. The fourth-order valence-electron chi connectivity index (χ4n) is 5.33. The second-order valence-electron chi connectivity index (χ2n) is 10.6. The molecule has 0 saturated heterocycles. The Morgan fingerprint density at radius 1 is 0.875 bits per heavy atom. The Morgan fingerprint density at radius 3 is 2.35 bits per heavy atom. The second-order valence-corrected chi connectivity index (χ2v) is 10.6. The van der Waals surface area contributed by atoms with Gasteiger partial charge in [-0.3, -0.25) is 4.79 Å². The molecular weight excluding hydrogens is 500 g/mol. The van der Waals surface area contributed by atoms with Gasteiger partial charge in [0.15, 0.2) is 11.5 Å². The molecule has 208 valence electrons. The minimum atomic E-state index is 0.0308. The first-order chi connectivity index (χ1) is 19.5. The van der Waals surface area contributed by atoms with Crippen LogP contribution in [-0.4, -0.2) is 44.2 Å². The molecule has 0 atom stereocenters. The van der Waals surface area contributed by atoms with E-state index in [-0.39, 0.29) is 11.9 Å². The van der Waals surface area contributed by atoms with Crippen molar-refractivity contribution >= 4 is 28.3 Å². The number of benzene rings is 3. The number of hydrogen-bond acceptors (Lipinski definition) is 6. The van der Waals surface area contributed by atoms with Crippen LogP contribution in [0.4, 0.5) is 11.5 Å². The maximum atomic E-state index is 12.9. The molecule has 1 aliphatic carbocycles. The monoisotopic (exact) mass is 538 g/mol. The van der Waals surface area contributed by atoms with Gasteiger partial charge >= 0.3 is 0 Å². The summed E-state index contributed by atoms with van der Waals surface area (Å²) in [6.45, 7) is 0.461. The number of rotatable bonds is 10. The number of fused-ring (bicyclic) bond motifs is 1. The molecule has 0 spiro atoms. The summed E-state index contributed by atoms with van der Waals surface area (Å²) in [5, 5.41) is 8.03. The molecule has 1 saturated carbocycles. The second kappa shape index (κ2) is 12.7. The molecular formula is C33H38N4O3. The Bertz CT molecular complexity index is 1430. The summed E-state index contributed by atoms with van der Waals surface area (Å²) in [6, 6.07) is 26.6. The van der Waals surface area contributed by atoms with Gasteiger partial charge in [0, 0.05) is 43.3 Å². The summed E-state index contributed by atoms with van der Waals surface area (Å²) in [5.74, 6) is 2.23. The predicted octanol–water partition coefficient (Wildman–Crippen LogP) is 5.97. The maximum absolute atomic E-state index is 12.9. The lowest BCUT2D eigenvalue weighted by Gasteiger charge is -2.30. The van der Waals surface area contributed by atoms with Gasteiger partial charge < -0.3 is 25.0 Å². The predicted molar refractivity (Wildman–Crippen MR) is 161 cm³/mol. The molecule has 4 aromatic rings. The van der Waals surface area contributed by atoms with Crippen LogP contribution in [0.15, 0.2) is 78.9 Å². The van der Waals surface area contributed by atoms with E-state index >= 15 is 0 Å². The normalized spacial score (nSPS) is 16.8. The van der Waals surface area contributed by atoms with Crippen LogP contribution in [0.1, 0.15) is 36.8 Å². The van der Waals surface area contributed by atoms with Crippen LogP contribution in [0, 0.1) is 0 Å². The molecule has 7 heteroatoms. The summed E-state index contributed by atoms with van der Waals surface area (Å²) in [4.78, 5) is 19.8. The third-order valence-corrected chi connectivity index (χ3v) is 7.45. The molecule has 5 rings (SSSR count). The number of amides is 1. The van der Waals surface area contributed by atoms with Crippen LogP contribution in [0.25, 0.3) is 10.9 Å². The van der Waals surface area contributed by atoms with Gasteiger partial charge in [0.05, 0.1) is 19.0 Å². The molecule has 7 nitrogen and oxygen atoms in total. The smallest absolute Gasteiger partial charge is 0.224 e. The van der Waals surface area contributed by atoms with Gasteiger partial charge in [-0.2, -0.15) is 0 Å². The van der Waals surface area contributed by atoms with Gasteiger partial charge in [-0.15, -0.1) is 0 Å². The van der Waals surface area contributed by atoms with Gasteiger partial charge in [-0.25, -0.2) is 4.98 Å². The van der Waals surface area contributed by atoms with E-state index in [0.717, 1.165) is 59.2 Å². The van der Waals surface area contributed by atoms with Crippen molar-refractivity contribution < 1.29 is 14.3 Å². The number of nitrogens with zero attached hydrogens (tertiary/aromatic N) is 2. The first kappa shape index (κ1) is 27.3. The molecule has 1 aromatic heterocycles. The first-order valence-electron chi connectivity index (χ1n) is 13.9. The summed E-state index contributed by atoms with van der Waals surface area (Å²) >= 11 is 0. The highest BCUT2D eigenvalue weighted by molar-refractivity contribution is 5.93. The van der Waals surface area contributed by atoms with E-state index in [0.29, 0.717) is 30.6 Å². The molecule has 1 heterocycles. The van der Waals surface area contributed by atoms with Crippen LogP contribution in [-0.2, 0) is 17.8 Å². The summed E-state index contributed by atoms with van der Waals surface area (Å²) in [6.07, 6.45) is 4.15. The van der Waals surface area contributed by atoms with Crippen LogP contribution >= 0.6 is 0 Å². The van der Waals surface area contributed by atoms with Gasteiger partial charge in [0.2, 0.25) is 5.91 Å². The minimum absolute atomic E-state index is 0.0308. The van der Waals surface area contributed by atoms with E-state index in [1.54, 1.807) is 7.11 Å². The zero-order chi connectivity index (χ0) is 27.9. The number of carbonyl (C=O) groups excluding carboxylic acids is 1. The fraction of sp³-hybridized carbons (Fsp3) is 0.333. The number of methoxy groups -OCH3 is 1. The number of nitrogens with one attached hydrogen (secondary N) is 2. The fourth-order valence-corrected chi connectivity index (χ4v) is 5.33. The number of pyridine rings is 1. The van der Waals surface area contributed by atoms with E-state index in [9.17, 15) is 4.79 Å². The molecule has 0 unspecified atom stereocenters. The molecule has 40 heavy (non-hydrogen) atoms. The number of anilines is 2. The topological polar surface area (TPSA) is 75.7 Å². The highest BCUT2D eigenvalue weighted by Gasteiger charge is 2.23. The van der Waals surface area contributed by atoms with Gasteiger partial charge in [-0.1, -0.05) is 54.6 Å². The van der Waals surface area contributed by atoms with Crippen molar-refractivity contribution in [1.82, 2.24) is 10.3 Å². The summed E-state index contributed by atoms with van der Waals surface area (Å²) < 4.78 is 11.5. The Labute approximate surface area is 236 Å². The zero-order valence-corrected chi connectivity index (χ0v) is 23.5. The van der Waals surface area contributed by atoms with Crippen LogP contribution in [0.3, 0.4) is 0 Å². The van der Waals surface area contributed by atoms with Gasteiger partial charge in [0.1, 0.15) is 12.4 Å². The summed E-state index contributed by atoms with van der Waals surface area (Å²) in [5.41, 5.74) is 4.13. The number of carbonyl (C=O) groups is 1. The maximum Gasteiger partial charge on any atom is 0.224 e. The molecule has 0 bridgehead atoms. The third kappa shape index (κ3) is 6.84. The Hall–Kier alpha value is -4.26. The van der Waals surface area contributed by atoms with Gasteiger partial charge in [0.25, 0.3) is 0 Å². The number of ether oxygens (including phenoxy) is 2. The van der Waals surface area contributed by atoms with E-state index < -0.39 is 0 Å². The van der Waals surface area contributed by atoms with Crippen LogP contribution in [0.5, 0.6) is 11.5 Å². The van der Waals surface area contributed by atoms with E-state index in [1.165, 1.54) is 0 Å². The standard InChI is InChI=1S/C33H38N4O3/c1-37(2)29-21-32(36-28-12-8-7-11-27(28)29)34-25-14-16-26(17-15-25)35-33(38)20-24-13-18-30(31(19-24)39-3)40-22-23-9-5-4-6-10-23/h4-13,18-19,21,25-26H,14-17,20,22H2,1-3H3,(H,34,36)(H,35,38). The minimum Gasteiger partial charge on any atom is -0.493 e. The van der Waals surface area contributed by atoms with Crippen LogP contribution < -0.4 is 25.0 Å². The Morgan fingerprint density at radius 2 is 1.60 bits per heavy atom. The van der Waals surface area contributed by atoms with Crippen molar-refractivity contribution in [2.45, 2.75) is 50.8 Å². The van der Waals surface area contributed by atoms with Crippen molar-refractivity contribution in [2.24, 2.45) is 0 Å². The number of aromatic nitrogens is 1. The quantitative estimate of drug-likeness (QED) is 0.259. The van der Waals surface area contributed by atoms with Crippen molar-refractivity contribution in [2.75, 3.05) is 31.4 Å². The van der Waals surface area contributed by atoms with Crippen molar-refractivity contribution in [3.63, 3.8) is 0 Å². The zero-order valence-electron chi connectivity index (χ0n) is 23.5. The average molecular weight is 539 g/mol. The third-order valence-electron chi connectivity index (χ3n) is 7.45. The SMILES string of the molecule is COc1cc(CC(=O)NC2CCC(Nc3cc(N(C)C)c4ccccc4n3)CC2)ccc1OCc1ccccc1. The Balaban J connectivity index is 1.11. The van der Waals surface area contributed by atoms with E-state index in [1.807, 2.05) is 60.7 Å².